The second-order valence-electron chi connectivity index (χ2n) is 2.25. The highest BCUT2D eigenvalue weighted by atomic mass is 16.4. The lowest BCUT2D eigenvalue weighted by atomic mass is 10.4. The summed E-state index contributed by atoms with van der Waals surface area (Å²) in [5, 5.41) is 23.0. The van der Waals surface area contributed by atoms with E-state index in [1.54, 1.807) is 7.05 Å². The third-order valence-corrected chi connectivity index (χ3v) is 1.30. The molecule has 66 valence electrons. The second-order valence-corrected chi connectivity index (χ2v) is 2.25. The van der Waals surface area contributed by atoms with E-state index in [2.05, 4.69) is 10.4 Å². The Bertz CT molecular complexity index is 294. The zero-order chi connectivity index (χ0) is 9.14. The van der Waals surface area contributed by atoms with Crippen LogP contribution in [0.1, 0.15) is 5.69 Å². The Balaban J connectivity index is 2.89. The zero-order valence-electron chi connectivity index (χ0n) is 6.48. The number of aliphatic hydroxyl groups excluding tert-OH is 1. The van der Waals surface area contributed by atoms with Gasteiger partial charge in [0.1, 0.15) is 5.69 Å². The van der Waals surface area contributed by atoms with Crippen LogP contribution in [0.5, 0.6) is 0 Å². The van der Waals surface area contributed by atoms with E-state index in [1.165, 1.54) is 10.9 Å². The van der Waals surface area contributed by atoms with Crippen molar-refractivity contribution in [1.82, 2.24) is 9.78 Å². The van der Waals surface area contributed by atoms with E-state index in [1.807, 2.05) is 0 Å². The Kier molecular flexibility index (Phi) is 2.29. The summed E-state index contributed by atoms with van der Waals surface area (Å²) in [7, 11) is 1.65. The van der Waals surface area contributed by atoms with Gasteiger partial charge in [-0.05, 0) is 0 Å². The monoisotopic (exact) mass is 171 g/mol. The van der Waals surface area contributed by atoms with Gasteiger partial charge >= 0.3 is 6.09 Å². The number of carbonyl (C=O) groups is 1. The molecule has 6 heteroatoms. The van der Waals surface area contributed by atoms with Gasteiger partial charge in [0, 0.05) is 13.2 Å². The second kappa shape index (κ2) is 3.22. The van der Waals surface area contributed by atoms with Crippen LogP contribution in [-0.4, -0.2) is 26.1 Å². The van der Waals surface area contributed by atoms with Crippen molar-refractivity contribution in [2.45, 2.75) is 6.61 Å². The number of carboxylic acid groups (broad SMARTS) is 1. The quantitative estimate of drug-likeness (QED) is 0.584. The van der Waals surface area contributed by atoms with Crippen molar-refractivity contribution in [3.05, 3.63) is 11.9 Å². The molecule has 0 aromatic carbocycles. The van der Waals surface area contributed by atoms with E-state index in [9.17, 15) is 4.79 Å². The summed E-state index contributed by atoms with van der Waals surface area (Å²) >= 11 is 0. The van der Waals surface area contributed by atoms with Crippen LogP contribution in [0.15, 0.2) is 6.20 Å². The fourth-order valence-electron chi connectivity index (χ4n) is 0.871. The minimum Gasteiger partial charge on any atom is -0.465 e. The number of anilines is 1. The SMILES string of the molecule is Cn1cc(NC(=O)O)c(CO)n1. The normalized spacial score (nSPS) is 9.83. The van der Waals surface area contributed by atoms with Crippen LogP contribution in [0.4, 0.5) is 10.5 Å². The molecule has 0 spiro atoms. The van der Waals surface area contributed by atoms with E-state index in [0.717, 1.165) is 0 Å². The van der Waals surface area contributed by atoms with Crippen molar-refractivity contribution < 1.29 is 15.0 Å². The van der Waals surface area contributed by atoms with Crippen molar-refractivity contribution in [3.63, 3.8) is 0 Å². The van der Waals surface area contributed by atoms with Crippen molar-refractivity contribution in [2.75, 3.05) is 5.32 Å². The molecule has 3 N–H and O–H groups in total. The lowest BCUT2D eigenvalue weighted by Gasteiger charge is -1.96. The van der Waals surface area contributed by atoms with Gasteiger partial charge in [0.05, 0.1) is 12.3 Å². The number of hydrogen-bond donors (Lipinski definition) is 3. The number of nitrogens with zero attached hydrogens (tertiary/aromatic N) is 2. The molecule has 0 unspecified atom stereocenters. The number of hydrogen-bond acceptors (Lipinski definition) is 3. The molecule has 0 saturated carbocycles. The third-order valence-electron chi connectivity index (χ3n) is 1.30. The molecule has 0 saturated heterocycles. The number of aryl methyl sites for hydroxylation is 1. The van der Waals surface area contributed by atoms with Crippen LogP contribution < -0.4 is 5.32 Å². The van der Waals surface area contributed by atoms with Gasteiger partial charge < -0.3 is 10.2 Å². The predicted molar refractivity (Wildman–Crippen MR) is 40.8 cm³/mol. The summed E-state index contributed by atoms with van der Waals surface area (Å²) in [4.78, 5) is 10.2. The van der Waals surface area contributed by atoms with Crippen LogP contribution in [-0.2, 0) is 13.7 Å². The average molecular weight is 171 g/mol. The van der Waals surface area contributed by atoms with Crippen molar-refractivity contribution in [1.29, 1.82) is 0 Å². The molecular weight excluding hydrogens is 162 g/mol. The van der Waals surface area contributed by atoms with Crippen LogP contribution in [0.25, 0.3) is 0 Å². The molecule has 6 nitrogen and oxygen atoms in total. The molecule has 1 amide bonds. The summed E-state index contributed by atoms with van der Waals surface area (Å²) in [5.41, 5.74) is 0.632. The van der Waals surface area contributed by atoms with Gasteiger partial charge in [0.25, 0.3) is 0 Å². The topological polar surface area (TPSA) is 87.4 Å². The molecule has 1 heterocycles. The number of amides is 1. The minimum atomic E-state index is -1.17. The lowest BCUT2D eigenvalue weighted by Crippen LogP contribution is -2.08. The first-order valence-electron chi connectivity index (χ1n) is 3.27. The summed E-state index contributed by atoms with van der Waals surface area (Å²) in [5.74, 6) is 0. The Labute approximate surface area is 68.4 Å². The highest BCUT2D eigenvalue weighted by molar-refractivity contribution is 5.83. The largest absolute Gasteiger partial charge is 0.465 e. The number of aliphatic hydroxyl groups is 1. The number of aromatic nitrogens is 2. The van der Waals surface area contributed by atoms with Gasteiger partial charge in [-0.1, -0.05) is 0 Å². The maximum Gasteiger partial charge on any atom is 0.409 e. The maximum absolute atomic E-state index is 10.2. The molecule has 12 heavy (non-hydrogen) atoms. The van der Waals surface area contributed by atoms with Crippen LogP contribution >= 0.6 is 0 Å². The van der Waals surface area contributed by atoms with Crippen LogP contribution in [0.3, 0.4) is 0 Å². The molecule has 0 aliphatic carbocycles. The molecule has 0 atom stereocenters. The van der Waals surface area contributed by atoms with E-state index in [4.69, 9.17) is 10.2 Å². The van der Waals surface area contributed by atoms with Crippen molar-refractivity contribution >= 4 is 11.8 Å². The third kappa shape index (κ3) is 1.73. The summed E-state index contributed by atoms with van der Waals surface area (Å²) in [6.45, 7) is -0.281. The molecular formula is C6H9N3O3. The average Bonchev–Trinajstić information content (AvgIpc) is 2.29. The molecule has 0 bridgehead atoms. The fraction of sp³-hybridized carbons (Fsp3) is 0.333. The van der Waals surface area contributed by atoms with Gasteiger partial charge in [-0.3, -0.25) is 10.00 Å². The number of rotatable bonds is 2. The molecule has 1 rings (SSSR count). The highest BCUT2D eigenvalue weighted by Gasteiger charge is 2.07. The first-order valence-corrected chi connectivity index (χ1v) is 3.27. The van der Waals surface area contributed by atoms with E-state index in [0.29, 0.717) is 11.4 Å². The summed E-state index contributed by atoms with van der Waals surface area (Å²) in [6, 6.07) is 0. The fourth-order valence-corrected chi connectivity index (χ4v) is 0.871. The molecule has 0 aliphatic heterocycles. The standard InChI is InChI=1S/C6H9N3O3/c1-9-2-4(7-6(11)12)5(3-10)8-9/h2,7,10H,3H2,1H3,(H,11,12). The Morgan fingerprint density at radius 2 is 2.50 bits per heavy atom. The zero-order valence-corrected chi connectivity index (χ0v) is 6.48. The Morgan fingerprint density at radius 1 is 1.83 bits per heavy atom. The van der Waals surface area contributed by atoms with Gasteiger partial charge in [-0.15, -0.1) is 0 Å². The van der Waals surface area contributed by atoms with E-state index < -0.39 is 6.09 Å². The molecule has 0 aliphatic rings. The molecule has 0 radical (unpaired) electrons. The van der Waals surface area contributed by atoms with Gasteiger partial charge in [-0.25, -0.2) is 4.79 Å². The molecule has 1 aromatic heterocycles. The summed E-state index contributed by atoms with van der Waals surface area (Å²) < 4.78 is 1.43. The molecule has 1 aromatic rings. The Hall–Kier alpha value is -1.56. The highest BCUT2D eigenvalue weighted by Crippen LogP contribution is 2.12. The Morgan fingerprint density at radius 3 is 3.00 bits per heavy atom. The van der Waals surface area contributed by atoms with E-state index in [-0.39, 0.29) is 6.61 Å². The first kappa shape index (κ1) is 8.54. The van der Waals surface area contributed by atoms with Gasteiger partial charge in [0.2, 0.25) is 0 Å². The van der Waals surface area contributed by atoms with Crippen molar-refractivity contribution in [3.8, 4) is 0 Å². The van der Waals surface area contributed by atoms with Crippen LogP contribution in [0.2, 0.25) is 0 Å². The van der Waals surface area contributed by atoms with E-state index >= 15 is 0 Å². The summed E-state index contributed by atoms with van der Waals surface area (Å²) in [6.07, 6.45) is 0.317. The first-order chi connectivity index (χ1) is 5.63. The maximum atomic E-state index is 10.2. The smallest absolute Gasteiger partial charge is 0.409 e. The number of nitrogens with one attached hydrogen (secondary N) is 1. The van der Waals surface area contributed by atoms with Gasteiger partial charge in [0.15, 0.2) is 0 Å². The predicted octanol–water partition coefficient (Wildman–Crippen LogP) is 0.00230. The van der Waals surface area contributed by atoms with Gasteiger partial charge in [-0.2, -0.15) is 5.10 Å². The molecule has 0 fully saturated rings. The van der Waals surface area contributed by atoms with Crippen molar-refractivity contribution in [2.24, 2.45) is 7.05 Å². The minimum absolute atomic E-state index is 0.281. The lowest BCUT2D eigenvalue weighted by molar-refractivity contribution is 0.209. The van der Waals surface area contributed by atoms with Crippen LogP contribution in [0, 0.1) is 0 Å².